The summed E-state index contributed by atoms with van der Waals surface area (Å²) in [6.07, 6.45) is 5.16. The van der Waals surface area contributed by atoms with Crippen LogP contribution in [0, 0.1) is 0 Å². The second-order valence-corrected chi connectivity index (χ2v) is 7.01. The molecule has 0 unspecified atom stereocenters. The van der Waals surface area contributed by atoms with Crippen molar-refractivity contribution in [2.45, 2.75) is 30.8 Å². The summed E-state index contributed by atoms with van der Waals surface area (Å²) >= 11 is 1.44. The average molecular weight is 277 g/mol. The van der Waals surface area contributed by atoms with Gasteiger partial charge in [0, 0.05) is 24.5 Å². The van der Waals surface area contributed by atoms with E-state index in [1.54, 1.807) is 12.4 Å². The lowest BCUT2D eigenvalue weighted by molar-refractivity contribution is 0.314. The van der Waals surface area contributed by atoms with Crippen LogP contribution >= 0.6 is 19.4 Å². The molecule has 1 aromatic heterocycles. The molecule has 96 valence electrons. The predicted octanol–water partition coefficient (Wildman–Crippen LogP) is 1.20. The molecule has 0 aliphatic rings. The molecule has 17 heavy (non-hydrogen) atoms. The van der Waals surface area contributed by atoms with Crippen molar-refractivity contribution in [2.75, 3.05) is 6.26 Å². The third kappa shape index (κ3) is 4.04. The van der Waals surface area contributed by atoms with E-state index in [0.717, 1.165) is 5.56 Å². The molecule has 0 fully saturated rings. The zero-order valence-electron chi connectivity index (χ0n) is 9.91. The van der Waals surface area contributed by atoms with Gasteiger partial charge in [-0.25, -0.2) is 9.97 Å². The van der Waals surface area contributed by atoms with Gasteiger partial charge in [-0.05, 0) is 20.1 Å². The van der Waals surface area contributed by atoms with Crippen molar-refractivity contribution >= 4 is 19.4 Å². The largest absolute Gasteiger partial charge is 0.344 e. The van der Waals surface area contributed by atoms with Gasteiger partial charge in [-0.1, -0.05) is 11.8 Å². The number of nitrogens with zero attached hydrogens (tertiary/aromatic N) is 2. The molecule has 0 atom stereocenters. The van der Waals surface area contributed by atoms with Gasteiger partial charge in [0.15, 0.2) is 5.16 Å². The molecule has 0 saturated carbocycles. The van der Waals surface area contributed by atoms with Gasteiger partial charge >= 0.3 is 7.60 Å². The summed E-state index contributed by atoms with van der Waals surface area (Å²) in [7, 11) is -4.18. The third-order valence-electron chi connectivity index (χ3n) is 2.32. The van der Waals surface area contributed by atoms with E-state index in [2.05, 4.69) is 15.3 Å². The topological polar surface area (TPSA) is 95.3 Å². The van der Waals surface area contributed by atoms with E-state index in [9.17, 15) is 4.57 Å². The molecule has 1 aromatic rings. The number of nitrogens with one attached hydrogen (secondary N) is 1. The minimum Gasteiger partial charge on any atom is -0.323 e. The second-order valence-electron chi connectivity index (χ2n) is 4.03. The second kappa shape index (κ2) is 5.46. The normalized spacial score (nSPS) is 12.8. The molecule has 0 spiro atoms. The van der Waals surface area contributed by atoms with Gasteiger partial charge in [0.05, 0.1) is 0 Å². The number of thioether (sulfide) groups is 1. The summed E-state index contributed by atoms with van der Waals surface area (Å²) in [6, 6.07) is 0. The minimum absolute atomic E-state index is 0.312. The van der Waals surface area contributed by atoms with E-state index >= 15 is 0 Å². The summed E-state index contributed by atoms with van der Waals surface area (Å²) < 4.78 is 11.2. The van der Waals surface area contributed by atoms with Gasteiger partial charge in [-0.15, -0.1) is 0 Å². The molecule has 1 rings (SSSR count). The monoisotopic (exact) mass is 277 g/mol. The highest BCUT2D eigenvalue weighted by Crippen LogP contribution is 2.48. The van der Waals surface area contributed by atoms with Crippen LogP contribution in [0.1, 0.15) is 19.4 Å². The Balaban J connectivity index is 2.64. The van der Waals surface area contributed by atoms with Crippen LogP contribution in [0.4, 0.5) is 0 Å². The van der Waals surface area contributed by atoms with Gasteiger partial charge in [0.25, 0.3) is 0 Å². The fourth-order valence-corrected chi connectivity index (χ4v) is 1.56. The van der Waals surface area contributed by atoms with Crippen LogP contribution in [0.3, 0.4) is 0 Å². The van der Waals surface area contributed by atoms with E-state index in [-0.39, 0.29) is 0 Å². The summed E-state index contributed by atoms with van der Waals surface area (Å²) in [5, 5.41) is 2.21. The number of hydrogen-bond donors (Lipinski definition) is 3. The summed E-state index contributed by atoms with van der Waals surface area (Å²) in [5.74, 6) is 0. The Morgan fingerprint density at radius 3 is 2.35 bits per heavy atom. The number of rotatable bonds is 5. The van der Waals surface area contributed by atoms with E-state index < -0.39 is 12.9 Å². The van der Waals surface area contributed by atoms with Crippen molar-refractivity contribution in [3.63, 3.8) is 0 Å². The summed E-state index contributed by atoms with van der Waals surface area (Å²) in [6.45, 7) is 3.24. The van der Waals surface area contributed by atoms with Crippen LogP contribution in [-0.2, 0) is 11.1 Å². The van der Waals surface area contributed by atoms with Crippen molar-refractivity contribution in [3.8, 4) is 0 Å². The standard InChI is InChI=1S/C9H16N3O3PS/c1-9(2,16(13,14)15)12-6-7-4-10-8(17-3)11-5-7/h4-5,12H,6H2,1-3H3,(H2,13,14,15). The quantitative estimate of drug-likeness (QED) is 0.423. The first-order valence-corrected chi connectivity index (χ1v) is 7.75. The molecule has 0 aromatic carbocycles. The van der Waals surface area contributed by atoms with E-state index in [0.29, 0.717) is 11.7 Å². The van der Waals surface area contributed by atoms with E-state index in [1.165, 1.54) is 25.6 Å². The summed E-state index contributed by atoms with van der Waals surface area (Å²) in [5.41, 5.74) is 0.782. The van der Waals surface area contributed by atoms with Gasteiger partial charge in [-0.3, -0.25) is 9.88 Å². The Hall–Kier alpha value is -0.460. The van der Waals surface area contributed by atoms with Crippen LogP contribution in [0.5, 0.6) is 0 Å². The van der Waals surface area contributed by atoms with Crippen LogP contribution in [0.2, 0.25) is 0 Å². The van der Waals surface area contributed by atoms with Crippen molar-refractivity contribution in [1.29, 1.82) is 0 Å². The molecule has 3 N–H and O–H groups in total. The third-order valence-corrected chi connectivity index (χ3v) is 4.51. The molecule has 0 aliphatic carbocycles. The Bertz CT molecular complexity index is 418. The zero-order valence-corrected chi connectivity index (χ0v) is 11.6. The Kier molecular flexibility index (Phi) is 4.69. The molecule has 0 bridgehead atoms. The highest BCUT2D eigenvalue weighted by atomic mass is 32.2. The van der Waals surface area contributed by atoms with E-state index in [4.69, 9.17) is 9.79 Å². The lowest BCUT2D eigenvalue weighted by Gasteiger charge is -2.27. The highest BCUT2D eigenvalue weighted by molar-refractivity contribution is 7.98. The molecule has 6 nitrogen and oxygen atoms in total. The Morgan fingerprint density at radius 1 is 1.41 bits per heavy atom. The van der Waals surface area contributed by atoms with Crippen molar-refractivity contribution in [3.05, 3.63) is 18.0 Å². The van der Waals surface area contributed by atoms with Crippen LogP contribution < -0.4 is 5.32 Å². The first kappa shape index (κ1) is 14.6. The van der Waals surface area contributed by atoms with Crippen molar-refractivity contribution < 1.29 is 14.4 Å². The highest BCUT2D eigenvalue weighted by Gasteiger charge is 2.36. The molecule has 0 radical (unpaired) electrons. The van der Waals surface area contributed by atoms with Crippen LogP contribution in [-0.4, -0.2) is 31.3 Å². The summed E-state index contributed by atoms with van der Waals surface area (Å²) in [4.78, 5) is 26.4. The van der Waals surface area contributed by atoms with Gasteiger partial charge in [0.1, 0.15) is 5.28 Å². The molecule has 0 aliphatic heterocycles. The Morgan fingerprint density at radius 2 is 1.94 bits per heavy atom. The van der Waals surface area contributed by atoms with Crippen molar-refractivity contribution in [2.24, 2.45) is 0 Å². The van der Waals surface area contributed by atoms with Crippen LogP contribution in [0.25, 0.3) is 0 Å². The molecular weight excluding hydrogens is 261 g/mol. The fourth-order valence-electron chi connectivity index (χ4n) is 0.961. The predicted molar refractivity (Wildman–Crippen MR) is 66.8 cm³/mol. The molecule has 8 heteroatoms. The van der Waals surface area contributed by atoms with Gasteiger partial charge in [-0.2, -0.15) is 0 Å². The fraction of sp³-hybridized carbons (Fsp3) is 0.556. The molecule has 1 heterocycles. The lowest BCUT2D eigenvalue weighted by Crippen LogP contribution is -2.38. The maximum absolute atomic E-state index is 11.2. The van der Waals surface area contributed by atoms with Crippen LogP contribution in [0.15, 0.2) is 17.6 Å². The van der Waals surface area contributed by atoms with Gasteiger partial charge in [0.2, 0.25) is 0 Å². The number of aromatic nitrogens is 2. The first-order valence-electron chi connectivity index (χ1n) is 4.92. The smallest absolute Gasteiger partial charge is 0.323 e. The first-order chi connectivity index (χ1) is 7.76. The number of hydrogen-bond acceptors (Lipinski definition) is 5. The maximum Gasteiger partial charge on any atom is 0.344 e. The average Bonchev–Trinajstić information content (AvgIpc) is 2.25. The Labute approximate surface area is 104 Å². The molecular formula is C9H16N3O3PS. The van der Waals surface area contributed by atoms with E-state index in [1.807, 2.05) is 6.26 Å². The molecule has 0 amide bonds. The lowest BCUT2D eigenvalue weighted by atomic mass is 10.3. The minimum atomic E-state index is -4.18. The maximum atomic E-state index is 11.2. The van der Waals surface area contributed by atoms with Crippen molar-refractivity contribution in [1.82, 2.24) is 15.3 Å². The van der Waals surface area contributed by atoms with Gasteiger partial charge < -0.3 is 9.79 Å². The SMILES string of the molecule is CSc1ncc(CNC(C)(C)P(=O)(O)O)cn1. The zero-order chi connectivity index (χ0) is 13.1. The molecule has 0 saturated heterocycles.